The lowest BCUT2D eigenvalue weighted by Gasteiger charge is -2.37. The number of aliphatic imine (C=N–C) groups is 1. The standard InChI is InChI=1S/C22H31N5OS.HI/c1-2-23-22(27-11-9-26(10-12-27)21-4-3-17-29-21)24-18-19-5-7-20(8-6-19)25-13-15-28-16-14-25;/h3-8,17H,2,9-16,18H2,1H3,(H,23,24);1H. The zero-order valence-corrected chi connectivity index (χ0v) is 20.8. The van der Waals surface area contributed by atoms with Crippen molar-refractivity contribution in [1.82, 2.24) is 10.2 Å². The van der Waals surface area contributed by atoms with Crippen molar-refractivity contribution in [1.29, 1.82) is 0 Å². The van der Waals surface area contributed by atoms with E-state index in [1.165, 1.54) is 16.3 Å². The largest absolute Gasteiger partial charge is 0.378 e. The second kappa shape index (κ2) is 11.8. The number of piperazine rings is 1. The lowest BCUT2D eigenvalue weighted by atomic mass is 10.2. The van der Waals surface area contributed by atoms with Gasteiger partial charge in [0.05, 0.1) is 24.8 Å². The molecule has 0 spiro atoms. The molecule has 0 saturated carbocycles. The zero-order valence-electron chi connectivity index (χ0n) is 17.6. The average molecular weight is 542 g/mol. The van der Waals surface area contributed by atoms with E-state index >= 15 is 0 Å². The predicted octanol–water partition coefficient (Wildman–Crippen LogP) is 3.49. The summed E-state index contributed by atoms with van der Waals surface area (Å²) in [5, 5.41) is 6.99. The Morgan fingerprint density at radius 2 is 1.73 bits per heavy atom. The van der Waals surface area contributed by atoms with Crippen molar-refractivity contribution in [3.63, 3.8) is 0 Å². The van der Waals surface area contributed by atoms with Gasteiger partial charge < -0.3 is 24.8 Å². The Bertz CT molecular complexity index is 769. The monoisotopic (exact) mass is 541 g/mol. The molecule has 1 N–H and O–H groups in total. The van der Waals surface area contributed by atoms with Crippen LogP contribution >= 0.6 is 35.3 Å². The van der Waals surface area contributed by atoms with Crippen LogP contribution < -0.4 is 15.1 Å². The Hall–Kier alpha value is -1.52. The zero-order chi connectivity index (χ0) is 19.9. The molecule has 3 heterocycles. The summed E-state index contributed by atoms with van der Waals surface area (Å²) in [6.45, 7) is 11.4. The lowest BCUT2D eigenvalue weighted by molar-refractivity contribution is 0.122. The van der Waals surface area contributed by atoms with Gasteiger partial charge in [0.2, 0.25) is 0 Å². The van der Waals surface area contributed by atoms with Crippen LogP contribution in [-0.4, -0.2) is 69.9 Å². The first kappa shape index (κ1) is 23.1. The van der Waals surface area contributed by atoms with E-state index in [0.29, 0.717) is 6.54 Å². The van der Waals surface area contributed by atoms with Crippen LogP contribution in [0.2, 0.25) is 0 Å². The van der Waals surface area contributed by atoms with Crippen LogP contribution in [0.5, 0.6) is 0 Å². The Labute approximate surface area is 200 Å². The van der Waals surface area contributed by atoms with Gasteiger partial charge in [0, 0.05) is 51.5 Å². The normalized spacial score (nSPS) is 17.6. The van der Waals surface area contributed by atoms with Gasteiger partial charge in [-0.1, -0.05) is 12.1 Å². The van der Waals surface area contributed by atoms with E-state index in [2.05, 4.69) is 68.7 Å². The van der Waals surface area contributed by atoms with Gasteiger partial charge in [-0.15, -0.1) is 35.3 Å². The second-order valence-corrected chi connectivity index (χ2v) is 8.29. The van der Waals surface area contributed by atoms with E-state index in [1.54, 1.807) is 0 Å². The molecule has 1 aromatic carbocycles. The van der Waals surface area contributed by atoms with Crippen LogP contribution in [0.1, 0.15) is 12.5 Å². The molecule has 4 rings (SSSR count). The summed E-state index contributed by atoms with van der Waals surface area (Å²) in [5.74, 6) is 1.02. The lowest BCUT2D eigenvalue weighted by Crippen LogP contribution is -2.52. The van der Waals surface area contributed by atoms with Crippen molar-refractivity contribution in [2.45, 2.75) is 13.5 Å². The highest BCUT2D eigenvalue weighted by atomic mass is 127. The Balaban J connectivity index is 0.00000256. The van der Waals surface area contributed by atoms with Gasteiger partial charge in [-0.05, 0) is 42.1 Å². The molecule has 2 saturated heterocycles. The summed E-state index contributed by atoms with van der Waals surface area (Å²) >= 11 is 1.82. The van der Waals surface area contributed by atoms with Gasteiger partial charge in [0.15, 0.2) is 5.96 Å². The first-order valence-electron chi connectivity index (χ1n) is 10.6. The molecule has 6 nitrogen and oxygen atoms in total. The van der Waals surface area contributed by atoms with Crippen molar-refractivity contribution in [2.75, 3.05) is 68.8 Å². The fraction of sp³-hybridized carbons (Fsp3) is 0.500. The number of hydrogen-bond donors (Lipinski definition) is 1. The van der Waals surface area contributed by atoms with Crippen LogP contribution in [0.15, 0.2) is 46.8 Å². The highest BCUT2D eigenvalue weighted by molar-refractivity contribution is 14.0. The minimum Gasteiger partial charge on any atom is -0.378 e. The maximum atomic E-state index is 5.44. The number of morpholine rings is 1. The Morgan fingerprint density at radius 3 is 2.37 bits per heavy atom. The molecule has 8 heteroatoms. The summed E-state index contributed by atoms with van der Waals surface area (Å²) in [4.78, 5) is 12.2. The molecule has 0 unspecified atom stereocenters. The van der Waals surface area contributed by atoms with Gasteiger partial charge >= 0.3 is 0 Å². The number of hydrogen-bond acceptors (Lipinski definition) is 5. The molecule has 0 aliphatic carbocycles. The van der Waals surface area contributed by atoms with E-state index in [1.807, 2.05) is 11.3 Å². The third-order valence-corrected chi connectivity index (χ3v) is 6.38. The molecule has 0 amide bonds. The number of anilines is 2. The van der Waals surface area contributed by atoms with Gasteiger partial charge in [-0.2, -0.15) is 0 Å². The Kier molecular flexibility index (Phi) is 9.07. The van der Waals surface area contributed by atoms with Crippen molar-refractivity contribution in [3.8, 4) is 0 Å². The molecule has 0 radical (unpaired) electrons. The van der Waals surface area contributed by atoms with E-state index < -0.39 is 0 Å². The van der Waals surface area contributed by atoms with Gasteiger partial charge in [0.25, 0.3) is 0 Å². The maximum Gasteiger partial charge on any atom is 0.194 e. The minimum absolute atomic E-state index is 0. The van der Waals surface area contributed by atoms with Crippen LogP contribution in [0.4, 0.5) is 10.7 Å². The predicted molar refractivity (Wildman–Crippen MR) is 138 cm³/mol. The molecular weight excluding hydrogens is 509 g/mol. The second-order valence-electron chi connectivity index (χ2n) is 7.36. The third kappa shape index (κ3) is 6.01. The SMILES string of the molecule is CCNC(=NCc1ccc(N2CCOCC2)cc1)N1CCN(c2cccs2)CC1.I. The number of rotatable bonds is 5. The number of benzene rings is 1. The highest BCUT2D eigenvalue weighted by Gasteiger charge is 2.20. The molecule has 2 fully saturated rings. The fourth-order valence-electron chi connectivity index (χ4n) is 3.81. The summed E-state index contributed by atoms with van der Waals surface area (Å²) in [6.07, 6.45) is 0. The van der Waals surface area contributed by atoms with Gasteiger partial charge in [0.1, 0.15) is 0 Å². The van der Waals surface area contributed by atoms with E-state index in [4.69, 9.17) is 9.73 Å². The van der Waals surface area contributed by atoms with Crippen molar-refractivity contribution in [3.05, 3.63) is 47.3 Å². The average Bonchev–Trinajstić information content (AvgIpc) is 3.33. The number of guanidine groups is 1. The quantitative estimate of drug-likeness (QED) is 0.357. The number of nitrogens with zero attached hydrogens (tertiary/aromatic N) is 4. The molecule has 1 aromatic heterocycles. The molecule has 0 bridgehead atoms. The molecule has 2 aromatic rings. The topological polar surface area (TPSA) is 43.3 Å². The van der Waals surface area contributed by atoms with Crippen LogP contribution in [0.25, 0.3) is 0 Å². The fourth-order valence-corrected chi connectivity index (χ4v) is 4.60. The van der Waals surface area contributed by atoms with Crippen LogP contribution in [0, 0.1) is 0 Å². The van der Waals surface area contributed by atoms with Crippen LogP contribution in [0.3, 0.4) is 0 Å². The van der Waals surface area contributed by atoms with E-state index in [0.717, 1.165) is 65.0 Å². The molecule has 164 valence electrons. The number of nitrogens with one attached hydrogen (secondary N) is 1. The third-order valence-electron chi connectivity index (χ3n) is 5.46. The molecule has 2 aliphatic heterocycles. The van der Waals surface area contributed by atoms with E-state index in [9.17, 15) is 0 Å². The van der Waals surface area contributed by atoms with Crippen molar-refractivity contribution >= 4 is 52.0 Å². The summed E-state index contributed by atoms with van der Waals surface area (Å²) in [5.41, 5.74) is 2.52. The summed E-state index contributed by atoms with van der Waals surface area (Å²) < 4.78 is 5.44. The van der Waals surface area contributed by atoms with Crippen molar-refractivity contribution in [2.24, 2.45) is 4.99 Å². The van der Waals surface area contributed by atoms with E-state index in [-0.39, 0.29) is 24.0 Å². The first-order chi connectivity index (χ1) is 14.3. The number of halogens is 1. The summed E-state index contributed by atoms with van der Waals surface area (Å²) in [6, 6.07) is 13.2. The molecule has 2 aliphatic rings. The molecular formula is C22H32IN5OS. The highest BCUT2D eigenvalue weighted by Crippen LogP contribution is 2.22. The number of thiophene rings is 1. The Morgan fingerprint density at radius 1 is 1.00 bits per heavy atom. The first-order valence-corrected chi connectivity index (χ1v) is 11.4. The minimum atomic E-state index is 0. The smallest absolute Gasteiger partial charge is 0.194 e. The van der Waals surface area contributed by atoms with Gasteiger partial charge in [-0.3, -0.25) is 0 Å². The maximum absolute atomic E-state index is 5.44. The summed E-state index contributed by atoms with van der Waals surface area (Å²) in [7, 11) is 0. The van der Waals surface area contributed by atoms with Gasteiger partial charge in [-0.25, -0.2) is 4.99 Å². The van der Waals surface area contributed by atoms with Crippen molar-refractivity contribution < 1.29 is 4.74 Å². The molecule has 0 atom stereocenters. The number of ether oxygens (including phenoxy) is 1. The molecule has 30 heavy (non-hydrogen) atoms. The van der Waals surface area contributed by atoms with Crippen LogP contribution in [-0.2, 0) is 11.3 Å².